The van der Waals surface area contributed by atoms with Crippen LogP contribution in [0.1, 0.15) is 41.3 Å². The molecule has 1 aliphatic heterocycles. The zero-order valence-corrected chi connectivity index (χ0v) is 16.9. The van der Waals surface area contributed by atoms with Crippen LogP contribution in [0.2, 0.25) is 0 Å². The third-order valence-corrected chi connectivity index (χ3v) is 5.03. The van der Waals surface area contributed by atoms with Gasteiger partial charge in [0.15, 0.2) is 0 Å². The standard InChI is InChI=1S/C23H27N3O3/c1-3-12-24-22(28)18-8-10-20(11-9-18)25-23(29)19-13-21(27)26(15-19)14-17-6-4-16(2)5-7-17/h4-11,19H,3,12-15H2,1-2H3,(H,24,28)(H,25,29). The van der Waals surface area contributed by atoms with E-state index in [4.69, 9.17) is 0 Å². The molecule has 0 spiro atoms. The van der Waals surface area contributed by atoms with Crippen LogP contribution in [0.3, 0.4) is 0 Å². The van der Waals surface area contributed by atoms with Crippen LogP contribution < -0.4 is 10.6 Å². The van der Waals surface area contributed by atoms with Gasteiger partial charge in [-0.25, -0.2) is 0 Å². The number of nitrogens with zero attached hydrogens (tertiary/aromatic N) is 1. The predicted molar refractivity (Wildman–Crippen MR) is 112 cm³/mol. The molecule has 3 amide bonds. The maximum Gasteiger partial charge on any atom is 0.251 e. The van der Waals surface area contributed by atoms with Crippen molar-refractivity contribution in [3.05, 3.63) is 65.2 Å². The van der Waals surface area contributed by atoms with Crippen molar-refractivity contribution >= 4 is 23.4 Å². The molecule has 1 aliphatic rings. The van der Waals surface area contributed by atoms with Crippen molar-refractivity contribution in [1.29, 1.82) is 0 Å². The van der Waals surface area contributed by atoms with Gasteiger partial charge in [-0.1, -0.05) is 36.8 Å². The Kier molecular flexibility index (Phi) is 6.65. The highest BCUT2D eigenvalue weighted by Gasteiger charge is 2.34. The zero-order chi connectivity index (χ0) is 20.8. The van der Waals surface area contributed by atoms with Gasteiger partial charge in [0.25, 0.3) is 5.91 Å². The average Bonchev–Trinajstić information content (AvgIpc) is 3.09. The third-order valence-electron chi connectivity index (χ3n) is 5.03. The van der Waals surface area contributed by atoms with Crippen LogP contribution in [0.5, 0.6) is 0 Å². The van der Waals surface area contributed by atoms with Crippen LogP contribution in [0.4, 0.5) is 5.69 Å². The van der Waals surface area contributed by atoms with Crippen molar-refractivity contribution in [2.45, 2.75) is 33.2 Å². The second kappa shape index (κ2) is 9.37. The minimum atomic E-state index is -0.375. The van der Waals surface area contributed by atoms with Crippen molar-refractivity contribution < 1.29 is 14.4 Å². The minimum Gasteiger partial charge on any atom is -0.352 e. The Labute approximate surface area is 171 Å². The number of likely N-dealkylation sites (tertiary alicyclic amines) is 1. The summed E-state index contributed by atoms with van der Waals surface area (Å²) in [6.07, 6.45) is 1.09. The fraction of sp³-hybridized carbons (Fsp3) is 0.348. The van der Waals surface area contributed by atoms with Crippen molar-refractivity contribution in [3.63, 3.8) is 0 Å². The fourth-order valence-corrected chi connectivity index (χ4v) is 3.30. The van der Waals surface area contributed by atoms with Crippen molar-refractivity contribution in [2.75, 3.05) is 18.4 Å². The molecule has 0 radical (unpaired) electrons. The first-order valence-electron chi connectivity index (χ1n) is 9.98. The Balaban J connectivity index is 1.55. The van der Waals surface area contributed by atoms with E-state index in [0.717, 1.165) is 12.0 Å². The van der Waals surface area contributed by atoms with Gasteiger partial charge >= 0.3 is 0 Å². The number of carbonyl (C=O) groups is 3. The number of rotatable bonds is 7. The van der Waals surface area contributed by atoms with Gasteiger partial charge in [0, 0.05) is 37.3 Å². The lowest BCUT2D eigenvalue weighted by atomic mass is 10.1. The molecule has 0 saturated carbocycles. The molecule has 6 heteroatoms. The Hall–Kier alpha value is -3.15. The quantitative estimate of drug-likeness (QED) is 0.759. The molecule has 1 fully saturated rings. The first-order valence-corrected chi connectivity index (χ1v) is 9.98. The average molecular weight is 393 g/mol. The van der Waals surface area contributed by atoms with Crippen LogP contribution in [-0.4, -0.2) is 35.7 Å². The van der Waals surface area contributed by atoms with E-state index in [1.54, 1.807) is 29.2 Å². The van der Waals surface area contributed by atoms with Gasteiger partial charge in [-0.3, -0.25) is 14.4 Å². The number of nitrogens with one attached hydrogen (secondary N) is 2. The summed E-state index contributed by atoms with van der Waals surface area (Å²) in [5, 5.41) is 5.67. The first kappa shape index (κ1) is 20.6. The fourth-order valence-electron chi connectivity index (χ4n) is 3.30. The summed E-state index contributed by atoms with van der Waals surface area (Å²) in [5.41, 5.74) is 3.40. The maximum atomic E-state index is 12.6. The molecule has 1 unspecified atom stereocenters. The molecule has 0 aliphatic carbocycles. The van der Waals surface area contributed by atoms with Gasteiger partial charge in [-0.15, -0.1) is 0 Å². The van der Waals surface area contributed by atoms with Crippen LogP contribution in [-0.2, 0) is 16.1 Å². The molecule has 1 heterocycles. The lowest BCUT2D eigenvalue weighted by Crippen LogP contribution is -2.28. The lowest BCUT2D eigenvalue weighted by molar-refractivity contribution is -0.128. The van der Waals surface area contributed by atoms with Gasteiger partial charge in [0.1, 0.15) is 0 Å². The van der Waals surface area contributed by atoms with E-state index >= 15 is 0 Å². The largest absolute Gasteiger partial charge is 0.352 e. The molecule has 1 saturated heterocycles. The van der Waals surface area contributed by atoms with Gasteiger partial charge in [-0.05, 0) is 43.2 Å². The van der Waals surface area contributed by atoms with E-state index in [-0.39, 0.29) is 30.1 Å². The summed E-state index contributed by atoms with van der Waals surface area (Å²) in [4.78, 5) is 38.6. The minimum absolute atomic E-state index is 0.00586. The molecule has 1 atom stereocenters. The molecule has 3 rings (SSSR count). The molecule has 2 N–H and O–H groups in total. The van der Waals surface area contributed by atoms with Crippen LogP contribution in [0.25, 0.3) is 0 Å². The molecule has 152 valence electrons. The van der Waals surface area contributed by atoms with E-state index in [2.05, 4.69) is 10.6 Å². The van der Waals surface area contributed by atoms with E-state index in [9.17, 15) is 14.4 Å². The number of amides is 3. The Morgan fingerprint density at radius 2 is 1.76 bits per heavy atom. The molecule has 0 aromatic heterocycles. The maximum absolute atomic E-state index is 12.6. The van der Waals surface area contributed by atoms with E-state index in [1.807, 2.05) is 38.1 Å². The van der Waals surface area contributed by atoms with E-state index in [1.165, 1.54) is 5.56 Å². The first-order chi connectivity index (χ1) is 14.0. The Bertz CT molecular complexity index is 875. The highest BCUT2D eigenvalue weighted by Crippen LogP contribution is 2.22. The second-order valence-electron chi connectivity index (χ2n) is 7.48. The second-order valence-corrected chi connectivity index (χ2v) is 7.48. The number of benzene rings is 2. The molecular formula is C23H27N3O3. The highest BCUT2D eigenvalue weighted by atomic mass is 16.2. The molecule has 6 nitrogen and oxygen atoms in total. The van der Waals surface area contributed by atoms with Crippen molar-refractivity contribution in [3.8, 4) is 0 Å². The van der Waals surface area contributed by atoms with Crippen LogP contribution >= 0.6 is 0 Å². The summed E-state index contributed by atoms with van der Waals surface area (Å²) in [5.74, 6) is -0.681. The third kappa shape index (κ3) is 5.44. The number of hydrogen-bond donors (Lipinski definition) is 2. The van der Waals surface area contributed by atoms with Crippen LogP contribution in [0, 0.1) is 12.8 Å². The molecule has 2 aromatic carbocycles. The van der Waals surface area contributed by atoms with Gasteiger partial charge in [0.05, 0.1) is 5.92 Å². The highest BCUT2D eigenvalue weighted by molar-refractivity contribution is 5.98. The number of aryl methyl sites for hydroxylation is 1. The topological polar surface area (TPSA) is 78.5 Å². The number of carbonyl (C=O) groups excluding carboxylic acids is 3. The zero-order valence-electron chi connectivity index (χ0n) is 16.9. The molecule has 2 aromatic rings. The molecule has 29 heavy (non-hydrogen) atoms. The number of anilines is 1. The van der Waals surface area contributed by atoms with Gasteiger partial charge < -0.3 is 15.5 Å². The molecular weight excluding hydrogens is 366 g/mol. The van der Waals surface area contributed by atoms with Gasteiger partial charge in [-0.2, -0.15) is 0 Å². The summed E-state index contributed by atoms with van der Waals surface area (Å²) < 4.78 is 0. The van der Waals surface area contributed by atoms with E-state index in [0.29, 0.717) is 30.9 Å². The molecule has 0 bridgehead atoms. The smallest absolute Gasteiger partial charge is 0.251 e. The monoisotopic (exact) mass is 393 g/mol. The number of hydrogen-bond acceptors (Lipinski definition) is 3. The van der Waals surface area contributed by atoms with Crippen molar-refractivity contribution in [1.82, 2.24) is 10.2 Å². The predicted octanol–water partition coefficient (Wildman–Crippen LogP) is 3.12. The van der Waals surface area contributed by atoms with Gasteiger partial charge in [0.2, 0.25) is 11.8 Å². The Morgan fingerprint density at radius 1 is 1.07 bits per heavy atom. The summed E-state index contributed by atoms with van der Waals surface area (Å²) in [6.45, 7) is 5.58. The SMILES string of the molecule is CCCNC(=O)c1ccc(NC(=O)C2CC(=O)N(Cc3ccc(C)cc3)C2)cc1. The van der Waals surface area contributed by atoms with E-state index < -0.39 is 0 Å². The normalized spacial score (nSPS) is 16.0. The van der Waals surface area contributed by atoms with Crippen LogP contribution in [0.15, 0.2) is 48.5 Å². The summed E-state index contributed by atoms with van der Waals surface area (Å²) in [6, 6.07) is 14.8. The van der Waals surface area contributed by atoms with Crippen molar-refractivity contribution in [2.24, 2.45) is 5.92 Å². The summed E-state index contributed by atoms with van der Waals surface area (Å²) in [7, 11) is 0. The summed E-state index contributed by atoms with van der Waals surface area (Å²) >= 11 is 0. The Morgan fingerprint density at radius 3 is 2.41 bits per heavy atom. The lowest BCUT2D eigenvalue weighted by Gasteiger charge is -2.17.